The van der Waals surface area contributed by atoms with Crippen molar-refractivity contribution >= 4 is 8.25 Å². The first kappa shape index (κ1) is 16.0. The average Bonchev–Trinajstić information content (AvgIpc) is 2.33. The van der Waals surface area contributed by atoms with Crippen LogP contribution in [0.2, 0.25) is 0 Å². The molecule has 0 aromatic heterocycles. The third-order valence-electron chi connectivity index (χ3n) is 1.10. The molecule has 74 valence electrons. The summed E-state index contributed by atoms with van der Waals surface area (Å²) in [4.78, 5) is 0. The van der Waals surface area contributed by atoms with E-state index < -0.39 is 8.25 Å². The van der Waals surface area contributed by atoms with Gasteiger partial charge in [0.1, 0.15) is 13.2 Å². The van der Waals surface area contributed by atoms with Crippen LogP contribution in [0, 0.1) is 0 Å². The fourth-order valence-corrected chi connectivity index (χ4v) is 1.15. The number of rotatable bonds is 1. The Bertz CT molecular complexity index is 116. The van der Waals surface area contributed by atoms with Gasteiger partial charge in [0, 0.05) is 37.1 Å². The minimum absolute atomic E-state index is 0. The Kier molecular flexibility index (Phi) is 15.5. The fraction of sp³-hybridized carbons (Fsp3) is 1.00. The molecule has 13 heavy (non-hydrogen) atoms. The molecule has 4 N–H and O–H groups in total. The predicted molar refractivity (Wildman–Crippen MR) is 46.9 cm³/mol. The van der Waals surface area contributed by atoms with Crippen LogP contribution in [0.15, 0.2) is 0 Å². The molecule has 1 aliphatic heterocycles. The van der Waals surface area contributed by atoms with Gasteiger partial charge in [-0.2, -0.15) is 0 Å². The van der Waals surface area contributed by atoms with E-state index in [1.54, 1.807) is 0 Å². The van der Waals surface area contributed by atoms with E-state index in [-0.39, 0.29) is 19.5 Å². The minimum atomic E-state index is -1.77. The molecule has 0 bridgehead atoms. The van der Waals surface area contributed by atoms with Crippen LogP contribution in [0.1, 0.15) is 12.8 Å². The second-order valence-corrected chi connectivity index (χ2v) is 3.14. The van der Waals surface area contributed by atoms with Crippen LogP contribution in [0.25, 0.3) is 0 Å². The monoisotopic (exact) mass is 259 g/mol. The maximum Gasteiger partial charge on any atom is 0.697 e. The van der Waals surface area contributed by atoms with Crippen LogP contribution in [0.5, 0.6) is 0 Å². The topological polar surface area (TPSA) is 87.6 Å². The standard InChI is InChI=1S/C4H8O3P.C2H8N2.Zn/c5-8-6-3-1-2-4-7-8;3-1-2-4;/h1-4H2;1-4H2;/q+1;;. The molecule has 1 fully saturated rings. The van der Waals surface area contributed by atoms with Crippen molar-refractivity contribution < 1.29 is 33.1 Å². The Morgan fingerprint density at radius 1 is 1.08 bits per heavy atom. The zero-order valence-electron chi connectivity index (χ0n) is 7.78. The summed E-state index contributed by atoms with van der Waals surface area (Å²) in [5.74, 6) is 0. The summed E-state index contributed by atoms with van der Waals surface area (Å²) >= 11 is 0. The Labute approximate surface area is 92.2 Å². The third kappa shape index (κ3) is 12.6. The van der Waals surface area contributed by atoms with Crippen molar-refractivity contribution in [1.82, 2.24) is 0 Å². The van der Waals surface area contributed by atoms with E-state index in [1.165, 1.54) is 0 Å². The average molecular weight is 261 g/mol. The van der Waals surface area contributed by atoms with E-state index >= 15 is 0 Å². The van der Waals surface area contributed by atoms with Crippen molar-refractivity contribution in [2.24, 2.45) is 11.5 Å². The van der Waals surface area contributed by atoms with E-state index in [2.05, 4.69) is 9.05 Å². The molecule has 1 heterocycles. The van der Waals surface area contributed by atoms with Gasteiger partial charge in [-0.25, -0.2) is 0 Å². The van der Waals surface area contributed by atoms with Gasteiger partial charge in [-0.05, 0) is 12.8 Å². The maximum absolute atomic E-state index is 10.4. The normalized spacial score (nSPS) is 16.3. The number of nitrogens with two attached hydrogens (primary N) is 2. The van der Waals surface area contributed by atoms with Crippen molar-refractivity contribution in [3.63, 3.8) is 0 Å². The molecule has 0 aromatic carbocycles. The smallest absolute Gasteiger partial charge is 0.329 e. The summed E-state index contributed by atoms with van der Waals surface area (Å²) in [6.45, 7) is 2.35. The van der Waals surface area contributed by atoms with E-state index in [0.717, 1.165) is 12.8 Å². The second kappa shape index (κ2) is 12.6. The molecule has 0 saturated carbocycles. The predicted octanol–water partition coefficient (Wildman–Crippen LogP) is 0.372. The molecule has 0 radical (unpaired) electrons. The number of hydrogen-bond donors (Lipinski definition) is 2. The third-order valence-corrected chi connectivity index (χ3v) is 1.89. The van der Waals surface area contributed by atoms with E-state index in [9.17, 15) is 4.57 Å². The van der Waals surface area contributed by atoms with Crippen LogP contribution < -0.4 is 11.5 Å². The van der Waals surface area contributed by atoms with Crippen LogP contribution in [-0.2, 0) is 33.1 Å². The molecule has 0 aromatic rings. The maximum atomic E-state index is 10.4. The van der Waals surface area contributed by atoms with Gasteiger partial charge < -0.3 is 11.5 Å². The van der Waals surface area contributed by atoms with Crippen molar-refractivity contribution in [2.45, 2.75) is 12.8 Å². The molecular formula is C6H16N2O3PZn+. The SMILES string of the molecule is NCCN.O=[P+]1OCCCCO1.[Zn]. The van der Waals surface area contributed by atoms with Gasteiger partial charge in [0.25, 0.3) is 0 Å². The van der Waals surface area contributed by atoms with Crippen LogP contribution >= 0.6 is 8.25 Å². The summed E-state index contributed by atoms with van der Waals surface area (Å²) in [7, 11) is -1.77. The van der Waals surface area contributed by atoms with E-state index in [1.807, 2.05) is 0 Å². The first-order chi connectivity index (χ1) is 5.81. The van der Waals surface area contributed by atoms with Gasteiger partial charge in [-0.15, -0.1) is 9.05 Å². The van der Waals surface area contributed by atoms with Crippen LogP contribution in [0.4, 0.5) is 0 Å². The summed E-state index contributed by atoms with van der Waals surface area (Å²) < 4.78 is 19.8. The van der Waals surface area contributed by atoms with Crippen LogP contribution in [0.3, 0.4) is 0 Å². The van der Waals surface area contributed by atoms with Crippen molar-refractivity contribution in [1.29, 1.82) is 0 Å². The van der Waals surface area contributed by atoms with Crippen molar-refractivity contribution in [2.75, 3.05) is 26.3 Å². The van der Waals surface area contributed by atoms with Gasteiger partial charge >= 0.3 is 8.25 Å². The molecule has 7 heteroatoms. The Morgan fingerprint density at radius 2 is 1.46 bits per heavy atom. The van der Waals surface area contributed by atoms with Crippen LogP contribution in [-0.4, -0.2) is 26.3 Å². The zero-order valence-corrected chi connectivity index (χ0v) is 11.6. The second-order valence-electron chi connectivity index (χ2n) is 2.17. The van der Waals surface area contributed by atoms with E-state index in [0.29, 0.717) is 26.3 Å². The van der Waals surface area contributed by atoms with Gasteiger partial charge in [0.15, 0.2) is 0 Å². The molecule has 1 saturated heterocycles. The quantitative estimate of drug-likeness (QED) is 0.525. The Hall–Kier alpha value is 0.563. The Morgan fingerprint density at radius 3 is 1.77 bits per heavy atom. The van der Waals surface area contributed by atoms with Crippen molar-refractivity contribution in [3.8, 4) is 0 Å². The summed E-state index contributed by atoms with van der Waals surface area (Å²) in [6, 6.07) is 0. The largest absolute Gasteiger partial charge is 0.697 e. The molecule has 1 aliphatic rings. The fourth-order valence-electron chi connectivity index (χ4n) is 0.520. The molecule has 0 aliphatic carbocycles. The van der Waals surface area contributed by atoms with Crippen molar-refractivity contribution in [3.05, 3.63) is 0 Å². The van der Waals surface area contributed by atoms with Gasteiger partial charge in [0.05, 0.1) is 0 Å². The number of hydrogen-bond acceptors (Lipinski definition) is 5. The summed E-state index contributed by atoms with van der Waals surface area (Å²) in [5, 5.41) is 0. The first-order valence-corrected chi connectivity index (χ1v) is 5.04. The van der Waals surface area contributed by atoms with Gasteiger partial charge in [0.2, 0.25) is 0 Å². The van der Waals surface area contributed by atoms with Gasteiger partial charge in [-0.3, -0.25) is 0 Å². The molecular weight excluding hydrogens is 244 g/mol. The van der Waals surface area contributed by atoms with Gasteiger partial charge in [-0.1, -0.05) is 0 Å². The molecule has 0 spiro atoms. The molecule has 0 unspecified atom stereocenters. The first-order valence-electron chi connectivity index (χ1n) is 3.94. The zero-order chi connectivity index (χ0) is 9.23. The molecule has 1 rings (SSSR count). The molecule has 0 atom stereocenters. The Balaban J connectivity index is 0. The summed E-state index contributed by atoms with van der Waals surface area (Å²) in [6.07, 6.45) is 1.92. The van der Waals surface area contributed by atoms with E-state index in [4.69, 9.17) is 11.5 Å². The summed E-state index contributed by atoms with van der Waals surface area (Å²) in [5.41, 5.74) is 9.81. The molecule has 5 nitrogen and oxygen atoms in total. The molecule has 0 amide bonds. The minimum Gasteiger partial charge on any atom is -0.329 e.